The molecule has 2 aromatic carbocycles. The monoisotopic (exact) mass is 510 g/mol. The van der Waals surface area contributed by atoms with Crippen LogP contribution in [0.5, 0.6) is 0 Å². The summed E-state index contributed by atoms with van der Waals surface area (Å²) in [6, 6.07) is 21.4. The van der Waals surface area contributed by atoms with Crippen molar-refractivity contribution in [3.63, 3.8) is 0 Å². The molecule has 38 heavy (non-hydrogen) atoms. The van der Waals surface area contributed by atoms with Gasteiger partial charge in [0.15, 0.2) is 0 Å². The van der Waals surface area contributed by atoms with Gasteiger partial charge in [-0.1, -0.05) is 188 Å². The van der Waals surface area contributed by atoms with Crippen LogP contribution in [-0.4, -0.2) is 0 Å². The van der Waals surface area contributed by atoms with Crippen molar-refractivity contribution in [1.82, 2.24) is 0 Å². The minimum atomic E-state index is 1.11. The van der Waals surface area contributed by atoms with Crippen molar-refractivity contribution >= 4 is 11.1 Å². The zero-order valence-corrected chi connectivity index (χ0v) is 24.7. The molecule has 0 saturated heterocycles. The van der Waals surface area contributed by atoms with Gasteiger partial charge in [0.2, 0.25) is 0 Å². The summed E-state index contributed by atoms with van der Waals surface area (Å²) in [6.07, 6.45) is 28.7. The van der Waals surface area contributed by atoms with Gasteiger partial charge >= 0.3 is 0 Å². The van der Waals surface area contributed by atoms with E-state index in [1.807, 2.05) is 0 Å². The molecule has 0 aliphatic carbocycles. The second-order valence-corrected chi connectivity index (χ2v) is 10.7. The number of rotatable bonds is 20. The summed E-state index contributed by atoms with van der Waals surface area (Å²) in [5, 5.41) is 0. The van der Waals surface area contributed by atoms with Gasteiger partial charge in [-0.15, -0.1) is 0 Å². The van der Waals surface area contributed by atoms with Crippen molar-refractivity contribution in [2.45, 2.75) is 129 Å². The van der Waals surface area contributed by atoms with Gasteiger partial charge in [-0.25, -0.2) is 0 Å². The number of allylic oxidation sites excluding steroid dienone is 4. The summed E-state index contributed by atoms with van der Waals surface area (Å²) in [5.41, 5.74) is 4.80. The van der Waals surface area contributed by atoms with E-state index in [1.54, 1.807) is 0 Å². The van der Waals surface area contributed by atoms with Crippen molar-refractivity contribution in [3.8, 4) is 11.8 Å². The summed E-state index contributed by atoms with van der Waals surface area (Å²) >= 11 is 0. The van der Waals surface area contributed by atoms with Crippen LogP contribution >= 0.6 is 0 Å². The Kier molecular flexibility index (Phi) is 18.7. The van der Waals surface area contributed by atoms with Gasteiger partial charge in [0.1, 0.15) is 0 Å². The fourth-order valence-corrected chi connectivity index (χ4v) is 4.90. The largest absolute Gasteiger partial charge is 0.0682 e. The minimum absolute atomic E-state index is 1.11. The van der Waals surface area contributed by atoms with E-state index < -0.39 is 0 Å². The molecule has 0 nitrogen and oxygen atoms in total. The molecule has 0 spiro atoms. The number of unbranched alkanes of at least 4 members (excludes halogenated alkanes) is 16. The fourth-order valence-electron chi connectivity index (χ4n) is 4.90. The summed E-state index contributed by atoms with van der Waals surface area (Å²) in [4.78, 5) is 0. The maximum Gasteiger partial charge on any atom is 0.0281 e. The zero-order valence-electron chi connectivity index (χ0n) is 24.7. The highest BCUT2D eigenvalue weighted by Gasteiger charge is 2.01. The van der Waals surface area contributed by atoms with E-state index in [4.69, 9.17) is 0 Å². The van der Waals surface area contributed by atoms with Crippen molar-refractivity contribution in [1.29, 1.82) is 0 Å². The number of benzene rings is 2. The summed E-state index contributed by atoms with van der Waals surface area (Å²) in [6.45, 7) is 4.57. The first-order valence-electron chi connectivity index (χ1n) is 15.9. The van der Waals surface area contributed by atoms with Gasteiger partial charge < -0.3 is 0 Å². The molecule has 0 bridgehead atoms. The summed E-state index contributed by atoms with van der Waals surface area (Å²) < 4.78 is 0. The van der Waals surface area contributed by atoms with Crippen LogP contribution in [0.2, 0.25) is 0 Å². The maximum absolute atomic E-state index is 3.58. The topological polar surface area (TPSA) is 0 Å². The molecule has 0 heterocycles. The predicted molar refractivity (Wildman–Crippen MR) is 171 cm³/mol. The highest BCUT2D eigenvalue weighted by Crippen LogP contribution is 2.20. The quantitative estimate of drug-likeness (QED) is 0.123. The third-order valence-electron chi connectivity index (χ3n) is 7.31. The molecule has 0 aliphatic heterocycles. The van der Waals surface area contributed by atoms with E-state index in [0.717, 1.165) is 12.8 Å². The van der Waals surface area contributed by atoms with Crippen LogP contribution in [0, 0.1) is 11.8 Å². The first-order chi connectivity index (χ1) is 18.8. The Hall–Kier alpha value is -2.52. The fraction of sp³-hybridized carbons (Fsp3) is 0.526. The van der Waals surface area contributed by atoms with Crippen molar-refractivity contribution in [2.24, 2.45) is 0 Å². The van der Waals surface area contributed by atoms with Crippen LogP contribution in [0.4, 0.5) is 0 Å². The molecule has 0 atom stereocenters. The molecule has 0 aromatic heterocycles. The van der Waals surface area contributed by atoms with Crippen LogP contribution in [0.1, 0.15) is 141 Å². The van der Waals surface area contributed by atoms with Crippen LogP contribution in [-0.2, 0) is 0 Å². The summed E-state index contributed by atoms with van der Waals surface area (Å²) in [5.74, 6) is 7.17. The van der Waals surface area contributed by atoms with Gasteiger partial charge in [-0.05, 0) is 36.8 Å². The van der Waals surface area contributed by atoms with Crippen LogP contribution in [0.15, 0.2) is 72.8 Å². The van der Waals surface area contributed by atoms with Gasteiger partial charge in [0, 0.05) is 11.1 Å². The molecule has 206 valence electrons. The third-order valence-corrected chi connectivity index (χ3v) is 7.31. The number of hydrogen-bond donors (Lipinski definition) is 0. The smallest absolute Gasteiger partial charge is 0.0281 e. The lowest BCUT2D eigenvalue weighted by Crippen LogP contribution is -1.86. The first kappa shape index (κ1) is 31.7. The molecule has 2 rings (SSSR count). The predicted octanol–water partition coefficient (Wildman–Crippen LogP) is 12.2. The molecular formula is C38H54. The van der Waals surface area contributed by atoms with Crippen molar-refractivity contribution in [3.05, 3.63) is 83.9 Å². The Morgan fingerprint density at radius 3 is 1.11 bits per heavy atom. The lowest BCUT2D eigenvalue weighted by molar-refractivity contribution is 0.578. The Labute approximate surface area is 236 Å². The van der Waals surface area contributed by atoms with Crippen LogP contribution < -0.4 is 0 Å². The Bertz CT molecular complexity index is 858. The van der Waals surface area contributed by atoms with Gasteiger partial charge in [0.25, 0.3) is 0 Å². The molecule has 2 aromatic rings. The third kappa shape index (κ3) is 15.0. The van der Waals surface area contributed by atoms with Gasteiger partial charge in [0.05, 0.1) is 0 Å². The average molecular weight is 511 g/mol. The molecule has 0 saturated carbocycles. The summed E-state index contributed by atoms with van der Waals surface area (Å²) in [7, 11) is 0. The lowest BCUT2D eigenvalue weighted by atomic mass is 10.00. The number of hydrogen-bond acceptors (Lipinski definition) is 0. The average Bonchev–Trinajstić information content (AvgIpc) is 2.96. The molecule has 0 heteroatoms. The highest BCUT2D eigenvalue weighted by molar-refractivity contribution is 5.86. The lowest BCUT2D eigenvalue weighted by Gasteiger charge is -2.04. The Morgan fingerprint density at radius 1 is 0.447 bits per heavy atom. The second kappa shape index (κ2) is 22.5. The maximum atomic E-state index is 3.58. The van der Waals surface area contributed by atoms with E-state index in [9.17, 15) is 0 Å². The van der Waals surface area contributed by atoms with E-state index in [2.05, 4.69) is 98.5 Å². The molecule has 0 fully saturated rings. The first-order valence-corrected chi connectivity index (χ1v) is 15.9. The van der Waals surface area contributed by atoms with Crippen molar-refractivity contribution in [2.75, 3.05) is 0 Å². The van der Waals surface area contributed by atoms with E-state index >= 15 is 0 Å². The van der Waals surface area contributed by atoms with E-state index in [0.29, 0.717) is 0 Å². The highest BCUT2D eigenvalue weighted by atomic mass is 14.1. The van der Waals surface area contributed by atoms with E-state index in [-0.39, 0.29) is 0 Å². The van der Waals surface area contributed by atoms with Gasteiger partial charge in [-0.2, -0.15) is 0 Å². The normalized spacial score (nSPS) is 11.8. The zero-order chi connectivity index (χ0) is 26.9. The van der Waals surface area contributed by atoms with Gasteiger partial charge in [-0.3, -0.25) is 0 Å². The molecule has 0 aliphatic rings. The molecule has 0 N–H and O–H groups in total. The van der Waals surface area contributed by atoms with Crippen molar-refractivity contribution < 1.29 is 0 Å². The molecule has 0 unspecified atom stereocenters. The SMILES string of the molecule is CCCCCCCCCC/C=C(\C#C/C(=C\CCCCCCCCCC)c1ccccc1)c1ccccc1. The minimum Gasteiger partial charge on any atom is -0.0682 e. The Balaban J connectivity index is 1.98. The molecule has 0 amide bonds. The molecular weight excluding hydrogens is 456 g/mol. The van der Waals surface area contributed by atoms with E-state index in [1.165, 1.54) is 125 Å². The standard InChI is InChI=1S/C38H54/c1-3-5-7-9-11-13-15-17-21-31-37(35-27-23-19-24-28-35)33-34-38(36-29-25-20-26-30-36)32-22-18-16-14-12-10-8-6-4-2/h19-20,23-32H,3-18,21-22H2,1-2H3/b37-31+,38-32+. The van der Waals surface area contributed by atoms with Crippen LogP contribution in [0.3, 0.4) is 0 Å². The van der Waals surface area contributed by atoms with Crippen LogP contribution in [0.25, 0.3) is 11.1 Å². The second-order valence-electron chi connectivity index (χ2n) is 10.7. The Morgan fingerprint density at radius 2 is 0.763 bits per heavy atom. The molecule has 0 radical (unpaired) electrons.